The van der Waals surface area contributed by atoms with Gasteiger partial charge in [-0.05, 0) is 18.6 Å². The standard InChI is InChI=1S/C14H12F4N4O/c15-12-10(2-1-3-11(12)14(16,17)18)13(23)21-6-4-9(8-21)22-7-5-19-20-22/h1-3,5,7,9H,4,6,8H2. The van der Waals surface area contributed by atoms with Gasteiger partial charge in [-0.15, -0.1) is 5.10 Å². The summed E-state index contributed by atoms with van der Waals surface area (Å²) < 4.78 is 53.8. The lowest BCUT2D eigenvalue weighted by molar-refractivity contribution is -0.140. The number of carbonyl (C=O) groups is 1. The highest BCUT2D eigenvalue weighted by Gasteiger charge is 2.37. The van der Waals surface area contributed by atoms with Crippen LogP contribution in [0.4, 0.5) is 17.6 Å². The molecule has 0 aliphatic carbocycles. The summed E-state index contributed by atoms with van der Waals surface area (Å²) in [5.41, 5.74) is -2.01. The normalized spacial score (nSPS) is 18.4. The molecule has 1 aliphatic heterocycles. The summed E-state index contributed by atoms with van der Waals surface area (Å²) in [6, 6.07) is 2.60. The SMILES string of the molecule is O=C(c1cccc(C(F)(F)F)c1F)N1CCC(n2ccnn2)C1. The van der Waals surface area contributed by atoms with Gasteiger partial charge in [-0.25, -0.2) is 9.07 Å². The van der Waals surface area contributed by atoms with Crippen molar-refractivity contribution in [2.75, 3.05) is 13.1 Å². The zero-order valence-electron chi connectivity index (χ0n) is 11.8. The predicted octanol–water partition coefficient (Wildman–Crippen LogP) is 2.52. The van der Waals surface area contributed by atoms with Crippen molar-refractivity contribution in [3.05, 3.63) is 47.5 Å². The minimum absolute atomic E-state index is 0.115. The first-order valence-electron chi connectivity index (χ1n) is 6.88. The van der Waals surface area contributed by atoms with Crippen molar-refractivity contribution in [1.29, 1.82) is 0 Å². The summed E-state index contributed by atoms with van der Waals surface area (Å²) in [4.78, 5) is 13.7. The zero-order valence-corrected chi connectivity index (χ0v) is 11.8. The molecule has 0 radical (unpaired) electrons. The molecule has 122 valence electrons. The van der Waals surface area contributed by atoms with Gasteiger partial charge in [0.05, 0.1) is 23.4 Å². The second kappa shape index (κ2) is 5.64. The number of hydrogen-bond donors (Lipinski definition) is 0. The van der Waals surface area contributed by atoms with E-state index in [0.717, 1.165) is 12.1 Å². The molecular formula is C14H12F4N4O. The highest BCUT2D eigenvalue weighted by atomic mass is 19.4. The second-order valence-corrected chi connectivity index (χ2v) is 5.24. The maximum Gasteiger partial charge on any atom is 0.419 e. The molecule has 9 heteroatoms. The van der Waals surface area contributed by atoms with E-state index in [4.69, 9.17) is 0 Å². The molecule has 1 unspecified atom stereocenters. The van der Waals surface area contributed by atoms with Crippen LogP contribution in [0.1, 0.15) is 28.4 Å². The van der Waals surface area contributed by atoms with Crippen LogP contribution in [0.3, 0.4) is 0 Å². The third-order valence-corrected chi connectivity index (χ3v) is 3.80. The zero-order chi connectivity index (χ0) is 16.6. The summed E-state index contributed by atoms with van der Waals surface area (Å²) in [5, 5.41) is 7.51. The number of halogens is 4. The van der Waals surface area contributed by atoms with E-state index >= 15 is 0 Å². The van der Waals surface area contributed by atoms with Gasteiger partial charge < -0.3 is 4.90 Å². The fourth-order valence-electron chi connectivity index (χ4n) is 2.64. The van der Waals surface area contributed by atoms with Crippen molar-refractivity contribution < 1.29 is 22.4 Å². The molecule has 1 amide bonds. The molecule has 2 heterocycles. The smallest absolute Gasteiger partial charge is 0.336 e. The molecule has 1 saturated heterocycles. The number of likely N-dealkylation sites (tertiary alicyclic amines) is 1. The maximum absolute atomic E-state index is 14.0. The van der Waals surface area contributed by atoms with Gasteiger partial charge in [0, 0.05) is 19.3 Å². The van der Waals surface area contributed by atoms with Crippen molar-refractivity contribution >= 4 is 5.91 Å². The Labute approximate surface area is 128 Å². The van der Waals surface area contributed by atoms with Gasteiger partial charge in [0.2, 0.25) is 0 Å². The lowest BCUT2D eigenvalue weighted by atomic mass is 10.1. The largest absolute Gasteiger partial charge is 0.419 e. The number of benzene rings is 1. The first-order chi connectivity index (χ1) is 10.9. The number of nitrogens with zero attached hydrogens (tertiary/aromatic N) is 4. The van der Waals surface area contributed by atoms with Gasteiger partial charge in [-0.2, -0.15) is 13.2 Å². The van der Waals surface area contributed by atoms with Crippen LogP contribution in [0.15, 0.2) is 30.6 Å². The van der Waals surface area contributed by atoms with E-state index in [1.807, 2.05) is 0 Å². The molecule has 23 heavy (non-hydrogen) atoms. The van der Waals surface area contributed by atoms with Crippen LogP contribution in [-0.2, 0) is 6.18 Å². The van der Waals surface area contributed by atoms with Gasteiger partial charge in [0.1, 0.15) is 5.82 Å². The maximum atomic E-state index is 14.0. The molecule has 1 fully saturated rings. The van der Waals surface area contributed by atoms with Crippen molar-refractivity contribution in [1.82, 2.24) is 19.9 Å². The lowest BCUT2D eigenvalue weighted by Crippen LogP contribution is -2.30. The number of rotatable bonds is 2. The number of aromatic nitrogens is 3. The molecular weight excluding hydrogens is 316 g/mol. The Bertz CT molecular complexity index is 714. The van der Waals surface area contributed by atoms with E-state index in [1.54, 1.807) is 10.9 Å². The Kier molecular flexibility index (Phi) is 3.78. The van der Waals surface area contributed by atoms with Crippen molar-refractivity contribution in [2.24, 2.45) is 0 Å². The molecule has 3 rings (SSSR count). The fourth-order valence-corrected chi connectivity index (χ4v) is 2.64. The summed E-state index contributed by atoms with van der Waals surface area (Å²) in [6.45, 7) is 0.566. The summed E-state index contributed by atoms with van der Waals surface area (Å²) in [7, 11) is 0. The average molecular weight is 328 g/mol. The van der Waals surface area contributed by atoms with E-state index in [0.29, 0.717) is 19.0 Å². The van der Waals surface area contributed by atoms with Crippen molar-refractivity contribution in [3.8, 4) is 0 Å². The first-order valence-corrected chi connectivity index (χ1v) is 6.88. The Hall–Kier alpha value is -2.45. The minimum Gasteiger partial charge on any atom is -0.336 e. The molecule has 5 nitrogen and oxygen atoms in total. The van der Waals surface area contributed by atoms with Crippen LogP contribution in [0.25, 0.3) is 0 Å². The van der Waals surface area contributed by atoms with Crippen LogP contribution < -0.4 is 0 Å². The third kappa shape index (κ3) is 2.90. The van der Waals surface area contributed by atoms with Crippen LogP contribution in [-0.4, -0.2) is 38.9 Å². The Morgan fingerprint density at radius 3 is 2.74 bits per heavy atom. The first kappa shape index (κ1) is 15.4. The average Bonchev–Trinajstić information content (AvgIpc) is 3.16. The van der Waals surface area contributed by atoms with Gasteiger partial charge >= 0.3 is 6.18 Å². The Morgan fingerprint density at radius 2 is 2.09 bits per heavy atom. The minimum atomic E-state index is -4.84. The second-order valence-electron chi connectivity index (χ2n) is 5.24. The van der Waals surface area contributed by atoms with E-state index in [9.17, 15) is 22.4 Å². The summed E-state index contributed by atoms with van der Waals surface area (Å²) in [6.07, 6.45) is -1.12. The molecule has 0 N–H and O–H groups in total. The number of carbonyl (C=O) groups excluding carboxylic acids is 1. The number of amides is 1. The monoisotopic (exact) mass is 328 g/mol. The molecule has 0 spiro atoms. The number of hydrogen-bond acceptors (Lipinski definition) is 3. The van der Waals surface area contributed by atoms with Crippen LogP contribution in [0.5, 0.6) is 0 Å². The number of alkyl halides is 3. The molecule has 1 aliphatic rings. The highest BCUT2D eigenvalue weighted by molar-refractivity contribution is 5.95. The quantitative estimate of drug-likeness (QED) is 0.796. The Balaban J connectivity index is 1.82. The lowest BCUT2D eigenvalue weighted by Gasteiger charge is -2.18. The fraction of sp³-hybridized carbons (Fsp3) is 0.357. The molecule has 1 atom stereocenters. The molecule has 2 aromatic rings. The molecule has 1 aromatic heterocycles. The van der Waals surface area contributed by atoms with Gasteiger partial charge in [-0.3, -0.25) is 4.79 Å². The third-order valence-electron chi connectivity index (χ3n) is 3.80. The molecule has 0 bridgehead atoms. The topological polar surface area (TPSA) is 51.0 Å². The summed E-state index contributed by atoms with van der Waals surface area (Å²) >= 11 is 0. The van der Waals surface area contributed by atoms with Gasteiger partial charge in [0.15, 0.2) is 0 Å². The van der Waals surface area contributed by atoms with Crippen LogP contribution in [0.2, 0.25) is 0 Å². The van der Waals surface area contributed by atoms with E-state index in [1.165, 1.54) is 11.1 Å². The molecule has 1 aromatic carbocycles. The highest BCUT2D eigenvalue weighted by Crippen LogP contribution is 2.33. The van der Waals surface area contributed by atoms with Crippen molar-refractivity contribution in [3.63, 3.8) is 0 Å². The van der Waals surface area contributed by atoms with E-state index < -0.39 is 29.0 Å². The van der Waals surface area contributed by atoms with E-state index in [-0.39, 0.29) is 12.6 Å². The predicted molar refractivity (Wildman–Crippen MR) is 71.0 cm³/mol. The van der Waals surface area contributed by atoms with E-state index in [2.05, 4.69) is 10.3 Å². The summed E-state index contributed by atoms with van der Waals surface area (Å²) in [5.74, 6) is -2.29. The molecule has 0 saturated carbocycles. The van der Waals surface area contributed by atoms with Gasteiger partial charge in [0.25, 0.3) is 5.91 Å². The van der Waals surface area contributed by atoms with Gasteiger partial charge in [-0.1, -0.05) is 11.3 Å². The van der Waals surface area contributed by atoms with Crippen LogP contribution in [0, 0.1) is 5.82 Å². The van der Waals surface area contributed by atoms with Crippen molar-refractivity contribution in [2.45, 2.75) is 18.6 Å². The Morgan fingerprint density at radius 1 is 1.30 bits per heavy atom. The van der Waals surface area contributed by atoms with Crippen LogP contribution >= 0.6 is 0 Å².